The summed E-state index contributed by atoms with van der Waals surface area (Å²) in [6.45, 7) is 4.65. The summed E-state index contributed by atoms with van der Waals surface area (Å²) in [6.07, 6.45) is 3.96. The first-order chi connectivity index (χ1) is 14.3. The van der Waals surface area contributed by atoms with E-state index >= 15 is 0 Å². The molecule has 30 heavy (non-hydrogen) atoms. The number of benzene rings is 2. The van der Waals surface area contributed by atoms with Gasteiger partial charge in [0.05, 0.1) is 7.11 Å². The van der Waals surface area contributed by atoms with Crippen molar-refractivity contribution in [3.63, 3.8) is 0 Å². The molecule has 2 aromatic rings. The van der Waals surface area contributed by atoms with Crippen molar-refractivity contribution in [2.45, 2.75) is 57.0 Å². The van der Waals surface area contributed by atoms with Crippen LogP contribution in [-0.2, 0) is 21.5 Å². The Hall–Kier alpha value is -2.54. The molecule has 2 aromatic carbocycles. The van der Waals surface area contributed by atoms with Gasteiger partial charge in [0.25, 0.3) is 0 Å². The van der Waals surface area contributed by atoms with Crippen LogP contribution in [0.1, 0.15) is 45.1 Å². The Bertz CT molecular complexity index is 950. The van der Waals surface area contributed by atoms with Gasteiger partial charge in [0.15, 0.2) is 0 Å². The fourth-order valence-corrected chi connectivity index (χ4v) is 4.26. The molecule has 1 saturated carbocycles. The third kappa shape index (κ3) is 5.14. The van der Waals surface area contributed by atoms with E-state index in [-0.39, 0.29) is 28.5 Å². The summed E-state index contributed by atoms with van der Waals surface area (Å²) in [5, 5.41) is 0. The van der Waals surface area contributed by atoms with Gasteiger partial charge >= 0.3 is 10.1 Å². The number of carbonyl (C=O) groups is 1. The number of hydrogen-bond donors (Lipinski definition) is 0. The largest absolute Gasteiger partial charge is 0.497 e. The van der Waals surface area contributed by atoms with Crippen LogP contribution < -0.4 is 8.92 Å². The van der Waals surface area contributed by atoms with Gasteiger partial charge in [0, 0.05) is 18.5 Å². The summed E-state index contributed by atoms with van der Waals surface area (Å²) in [5.74, 6) is 1.17. The molecule has 0 unspecified atom stereocenters. The number of nitrogens with zero attached hydrogens (tertiary/aromatic N) is 1. The Kier molecular flexibility index (Phi) is 7.02. The molecule has 0 bridgehead atoms. The summed E-state index contributed by atoms with van der Waals surface area (Å²) < 4.78 is 35.3. The lowest BCUT2D eigenvalue weighted by atomic mass is 9.84. The van der Waals surface area contributed by atoms with Gasteiger partial charge in [-0.25, -0.2) is 0 Å². The van der Waals surface area contributed by atoms with Crippen LogP contribution in [0.15, 0.2) is 53.4 Å². The zero-order chi connectivity index (χ0) is 21.7. The minimum atomic E-state index is -3.93. The van der Waals surface area contributed by atoms with Crippen LogP contribution in [0.4, 0.5) is 0 Å². The third-order valence-corrected chi connectivity index (χ3v) is 6.95. The van der Waals surface area contributed by atoms with Gasteiger partial charge in [-0.15, -0.1) is 0 Å². The van der Waals surface area contributed by atoms with Crippen LogP contribution >= 0.6 is 0 Å². The Morgan fingerprint density at radius 1 is 1.07 bits per heavy atom. The Morgan fingerprint density at radius 2 is 1.67 bits per heavy atom. The minimum absolute atomic E-state index is 0.0569. The SMILES string of the molecule is CC[C@@H](C)N(Cc1ccc(OS(=O)(=O)c2ccc(OC)cc2)cc1)C(=O)C1CCC1. The molecule has 0 heterocycles. The molecule has 1 fully saturated rings. The van der Waals surface area contributed by atoms with E-state index in [4.69, 9.17) is 8.92 Å². The van der Waals surface area contributed by atoms with Gasteiger partial charge in [-0.2, -0.15) is 8.42 Å². The summed E-state index contributed by atoms with van der Waals surface area (Å²) in [6, 6.07) is 13.0. The van der Waals surface area contributed by atoms with Crippen molar-refractivity contribution in [3.8, 4) is 11.5 Å². The molecule has 0 aromatic heterocycles. The van der Waals surface area contributed by atoms with Gasteiger partial charge in [0.1, 0.15) is 16.4 Å². The van der Waals surface area contributed by atoms with E-state index in [0.717, 1.165) is 31.2 Å². The predicted octanol–water partition coefficient (Wildman–Crippen LogP) is 4.39. The second kappa shape index (κ2) is 9.51. The number of amides is 1. The molecule has 0 radical (unpaired) electrons. The quantitative estimate of drug-likeness (QED) is 0.551. The van der Waals surface area contributed by atoms with E-state index in [1.807, 2.05) is 17.0 Å². The number of rotatable bonds is 9. The van der Waals surface area contributed by atoms with E-state index in [9.17, 15) is 13.2 Å². The first-order valence-corrected chi connectivity index (χ1v) is 11.7. The molecular formula is C23H29NO5S. The van der Waals surface area contributed by atoms with Crippen molar-refractivity contribution >= 4 is 16.0 Å². The van der Waals surface area contributed by atoms with Gasteiger partial charge in [-0.1, -0.05) is 25.5 Å². The van der Waals surface area contributed by atoms with Crippen LogP contribution in [0.5, 0.6) is 11.5 Å². The van der Waals surface area contributed by atoms with E-state index in [1.54, 1.807) is 24.3 Å². The van der Waals surface area contributed by atoms with Gasteiger partial charge in [0.2, 0.25) is 5.91 Å². The number of ether oxygens (including phenoxy) is 1. The molecule has 0 N–H and O–H groups in total. The zero-order valence-electron chi connectivity index (χ0n) is 17.7. The smallest absolute Gasteiger partial charge is 0.339 e. The van der Waals surface area contributed by atoms with Crippen LogP contribution in [-0.4, -0.2) is 32.4 Å². The molecular weight excluding hydrogens is 402 g/mol. The molecule has 162 valence electrons. The average molecular weight is 432 g/mol. The van der Waals surface area contributed by atoms with E-state index in [0.29, 0.717) is 12.3 Å². The fourth-order valence-electron chi connectivity index (χ4n) is 3.33. The molecule has 0 aliphatic heterocycles. The monoisotopic (exact) mass is 431 g/mol. The molecule has 1 atom stereocenters. The lowest BCUT2D eigenvalue weighted by Crippen LogP contribution is -2.43. The maximum Gasteiger partial charge on any atom is 0.339 e. The Balaban J connectivity index is 1.69. The van der Waals surface area contributed by atoms with Gasteiger partial charge < -0.3 is 13.8 Å². The highest BCUT2D eigenvalue weighted by atomic mass is 32.2. The lowest BCUT2D eigenvalue weighted by Gasteiger charge is -2.35. The number of carbonyl (C=O) groups excluding carboxylic acids is 1. The van der Waals surface area contributed by atoms with Crippen molar-refractivity contribution in [2.75, 3.05) is 7.11 Å². The highest BCUT2D eigenvalue weighted by Gasteiger charge is 2.31. The van der Waals surface area contributed by atoms with Crippen molar-refractivity contribution < 1.29 is 22.1 Å². The maximum absolute atomic E-state index is 12.8. The zero-order valence-corrected chi connectivity index (χ0v) is 18.5. The van der Waals surface area contributed by atoms with Crippen LogP contribution in [0.25, 0.3) is 0 Å². The van der Waals surface area contributed by atoms with E-state index in [1.165, 1.54) is 19.2 Å². The maximum atomic E-state index is 12.8. The molecule has 1 aliphatic rings. The molecule has 1 aliphatic carbocycles. The van der Waals surface area contributed by atoms with Crippen LogP contribution in [0.2, 0.25) is 0 Å². The third-order valence-electron chi connectivity index (χ3n) is 5.69. The summed E-state index contributed by atoms with van der Waals surface area (Å²) in [4.78, 5) is 14.8. The van der Waals surface area contributed by atoms with Crippen LogP contribution in [0, 0.1) is 5.92 Å². The standard InChI is InChI=1S/C23H29NO5S/c1-4-17(2)24(23(25)19-6-5-7-19)16-18-8-10-21(11-9-18)29-30(26,27)22-14-12-20(28-3)13-15-22/h8-15,17,19H,4-7,16H2,1-3H3/t17-/m1/s1. The molecule has 1 amide bonds. The Labute approximate surface area is 178 Å². The molecule has 0 spiro atoms. The first kappa shape index (κ1) is 22.2. The normalized spacial score (nSPS) is 15.2. The topological polar surface area (TPSA) is 72.9 Å². The highest BCUT2D eigenvalue weighted by Crippen LogP contribution is 2.30. The molecule has 3 rings (SSSR count). The second-order valence-electron chi connectivity index (χ2n) is 7.71. The number of hydrogen-bond acceptors (Lipinski definition) is 5. The first-order valence-electron chi connectivity index (χ1n) is 10.3. The highest BCUT2D eigenvalue weighted by molar-refractivity contribution is 7.87. The Morgan fingerprint density at radius 3 is 2.17 bits per heavy atom. The van der Waals surface area contributed by atoms with Gasteiger partial charge in [-0.3, -0.25) is 4.79 Å². The molecule has 7 heteroatoms. The van der Waals surface area contributed by atoms with Crippen molar-refractivity contribution in [1.82, 2.24) is 4.90 Å². The van der Waals surface area contributed by atoms with E-state index in [2.05, 4.69) is 13.8 Å². The minimum Gasteiger partial charge on any atom is -0.497 e. The summed E-state index contributed by atoms with van der Waals surface area (Å²) in [7, 11) is -2.41. The van der Waals surface area contributed by atoms with Crippen molar-refractivity contribution in [1.29, 1.82) is 0 Å². The van der Waals surface area contributed by atoms with E-state index < -0.39 is 10.1 Å². The fraction of sp³-hybridized carbons (Fsp3) is 0.435. The lowest BCUT2D eigenvalue weighted by molar-refractivity contribution is -0.141. The van der Waals surface area contributed by atoms with Crippen LogP contribution in [0.3, 0.4) is 0 Å². The van der Waals surface area contributed by atoms with Crippen molar-refractivity contribution in [3.05, 3.63) is 54.1 Å². The van der Waals surface area contributed by atoms with Crippen molar-refractivity contribution in [2.24, 2.45) is 5.92 Å². The van der Waals surface area contributed by atoms with Gasteiger partial charge in [-0.05, 0) is 68.1 Å². The number of methoxy groups -OCH3 is 1. The second-order valence-corrected chi connectivity index (χ2v) is 9.25. The molecule has 0 saturated heterocycles. The average Bonchev–Trinajstić information content (AvgIpc) is 2.71. The molecule has 6 nitrogen and oxygen atoms in total. The predicted molar refractivity (Wildman–Crippen MR) is 115 cm³/mol. The summed E-state index contributed by atoms with van der Waals surface area (Å²) in [5.41, 5.74) is 0.942. The summed E-state index contributed by atoms with van der Waals surface area (Å²) >= 11 is 0.